The van der Waals surface area contributed by atoms with E-state index in [1.54, 1.807) is 48.5 Å². The molecule has 2 rings (SSSR count). The Labute approximate surface area is 169 Å². The minimum atomic E-state index is -1.61. The molecule has 0 radical (unpaired) electrons. The third-order valence-electron chi connectivity index (χ3n) is 1.51. The van der Waals surface area contributed by atoms with E-state index >= 15 is 0 Å². The van der Waals surface area contributed by atoms with E-state index in [4.69, 9.17) is 19.8 Å². The predicted molar refractivity (Wildman–Crippen MR) is 107 cm³/mol. The summed E-state index contributed by atoms with van der Waals surface area (Å²) in [5.41, 5.74) is 0. The fourth-order valence-electron chi connectivity index (χ4n) is 0.856. The summed E-state index contributed by atoms with van der Waals surface area (Å²) < 4.78 is 0. The van der Waals surface area contributed by atoms with E-state index in [0.717, 1.165) is 0 Å². The first kappa shape index (κ1) is 28.9. The van der Waals surface area contributed by atoms with Crippen molar-refractivity contribution in [1.82, 2.24) is 0 Å². The molecule has 0 aliphatic rings. The third-order valence-corrected chi connectivity index (χ3v) is 1.51. The smallest absolute Gasteiger partial charge is 0.179 e. The number of para-hydroxylation sites is 2. The Morgan fingerprint density at radius 3 is 0.760 bits per heavy atom. The zero-order valence-electron chi connectivity index (χ0n) is 16.1. The predicted octanol–water partition coefficient (Wildman–Crippen LogP) is 4.41. The first-order valence-corrected chi connectivity index (χ1v) is 14.6. The molecule has 0 fully saturated rings. The quantitative estimate of drug-likeness (QED) is 0.480. The van der Waals surface area contributed by atoms with Gasteiger partial charge in [0, 0.05) is 21.7 Å². The van der Waals surface area contributed by atoms with Crippen molar-refractivity contribution in [2.75, 3.05) is 0 Å². The average molecular weight is 416 g/mol. The Morgan fingerprint density at radius 1 is 0.520 bits per heavy atom. The SMILES string of the molecule is C[Si](C)(C)O.C[Si](C)(C)O.Oc1ccccc1.Oc1ccccc1.[Ti]. The number of rotatable bonds is 0. The van der Waals surface area contributed by atoms with Gasteiger partial charge >= 0.3 is 0 Å². The molecule has 0 aromatic heterocycles. The van der Waals surface area contributed by atoms with Gasteiger partial charge in [0.2, 0.25) is 0 Å². The van der Waals surface area contributed by atoms with Gasteiger partial charge in [0.1, 0.15) is 11.5 Å². The molecule has 0 amide bonds. The second kappa shape index (κ2) is 15.4. The van der Waals surface area contributed by atoms with Crippen molar-refractivity contribution in [3.8, 4) is 11.5 Å². The maximum Gasteiger partial charge on any atom is 0.179 e. The largest absolute Gasteiger partial charge is 0.508 e. The molecule has 0 saturated carbocycles. The van der Waals surface area contributed by atoms with Gasteiger partial charge in [-0.3, -0.25) is 0 Å². The monoisotopic (exact) mass is 416 g/mol. The van der Waals surface area contributed by atoms with Crippen LogP contribution < -0.4 is 0 Å². The molecule has 2 aromatic rings. The second-order valence-electron chi connectivity index (χ2n) is 7.01. The van der Waals surface area contributed by atoms with Gasteiger partial charge in [-0.15, -0.1) is 0 Å². The number of benzene rings is 2. The summed E-state index contributed by atoms with van der Waals surface area (Å²) >= 11 is 0. The fraction of sp³-hybridized carbons (Fsp3) is 0.333. The molecule has 0 aliphatic carbocycles. The number of hydrogen-bond acceptors (Lipinski definition) is 4. The zero-order chi connectivity index (χ0) is 19.2. The molecule has 0 saturated heterocycles. The summed E-state index contributed by atoms with van der Waals surface area (Å²) in [5, 5.41) is 17.3. The summed E-state index contributed by atoms with van der Waals surface area (Å²) in [6, 6.07) is 17.4. The molecule has 140 valence electrons. The molecule has 0 heterocycles. The molecular weight excluding hydrogens is 384 g/mol. The molecule has 0 aliphatic heterocycles. The molecule has 4 nitrogen and oxygen atoms in total. The van der Waals surface area contributed by atoms with E-state index in [2.05, 4.69) is 0 Å². The van der Waals surface area contributed by atoms with E-state index in [1.807, 2.05) is 51.4 Å². The topological polar surface area (TPSA) is 80.9 Å². The fourth-order valence-corrected chi connectivity index (χ4v) is 0.856. The molecule has 2 aromatic carbocycles. The van der Waals surface area contributed by atoms with Gasteiger partial charge in [0.15, 0.2) is 16.6 Å². The molecule has 0 atom stereocenters. The van der Waals surface area contributed by atoms with Gasteiger partial charge in [-0.1, -0.05) is 36.4 Å². The molecule has 0 unspecified atom stereocenters. The Morgan fingerprint density at radius 2 is 0.680 bits per heavy atom. The van der Waals surface area contributed by atoms with Gasteiger partial charge < -0.3 is 19.8 Å². The van der Waals surface area contributed by atoms with Crippen molar-refractivity contribution in [3.63, 3.8) is 0 Å². The van der Waals surface area contributed by atoms with Crippen molar-refractivity contribution in [2.45, 2.75) is 39.3 Å². The van der Waals surface area contributed by atoms with Gasteiger partial charge in [0.25, 0.3) is 0 Å². The summed E-state index contributed by atoms with van der Waals surface area (Å²) in [4.78, 5) is 17.3. The van der Waals surface area contributed by atoms with E-state index in [-0.39, 0.29) is 21.7 Å². The maximum atomic E-state index is 8.66. The number of phenolic OH excluding ortho intramolecular Hbond substituents is 2. The van der Waals surface area contributed by atoms with E-state index in [1.165, 1.54) is 0 Å². The van der Waals surface area contributed by atoms with E-state index < -0.39 is 16.6 Å². The Hall–Kier alpha value is -0.892. The molecule has 0 spiro atoms. The first-order chi connectivity index (χ1) is 10.8. The Balaban J connectivity index is -0.000000259. The molecule has 4 N–H and O–H groups in total. The zero-order valence-corrected chi connectivity index (χ0v) is 19.6. The van der Waals surface area contributed by atoms with Crippen molar-refractivity contribution in [2.24, 2.45) is 0 Å². The maximum absolute atomic E-state index is 8.66. The standard InChI is InChI=1S/2C6H6O.2C3H10OSi.Ti/c2*7-6-4-2-1-3-5-6;2*1-5(2,3)4;/h2*1-5,7H;2*4H,1-3H3;. The summed E-state index contributed by atoms with van der Waals surface area (Å²) in [5.74, 6) is 0.644. The normalized spacial score (nSPS) is 9.60. The summed E-state index contributed by atoms with van der Waals surface area (Å²) in [7, 11) is -3.22. The van der Waals surface area contributed by atoms with Crippen molar-refractivity contribution < 1.29 is 41.5 Å². The summed E-state index contributed by atoms with van der Waals surface area (Å²) in [6.45, 7) is 11.3. The van der Waals surface area contributed by atoms with Crippen LogP contribution >= 0.6 is 0 Å². The van der Waals surface area contributed by atoms with Crippen LogP contribution in [0.2, 0.25) is 39.3 Å². The van der Waals surface area contributed by atoms with Gasteiger partial charge in [-0.05, 0) is 63.5 Å². The average Bonchev–Trinajstić information content (AvgIpc) is 2.37. The molecule has 0 bridgehead atoms. The van der Waals surface area contributed by atoms with Crippen LogP contribution in [-0.4, -0.2) is 36.4 Å². The van der Waals surface area contributed by atoms with Crippen LogP contribution in [0.5, 0.6) is 11.5 Å². The Bertz CT molecular complexity index is 451. The van der Waals surface area contributed by atoms with Crippen LogP contribution in [-0.2, 0) is 21.7 Å². The minimum absolute atomic E-state index is 0. The van der Waals surface area contributed by atoms with E-state index in [0.29, 0.717) is 11.5 Å². The van der Waals surface area contributed by atoms with Crippen LogP contribution in [0.25, 0.3) is 0 Å². The number of hydrogen-bond donors (Lipinski definition) is 4. The van der Waals surface area contributed by atoms with Gasteiger partial charge in [-0.2, -0.15) is 0 Å². The molecule has 7 heteroatoms. The second-order valence-corrected chi connectivity index (χ2v) is 15.7. The van der Waals surface area contributed by atoms with Crippen LogP contribution in [0.1, 0.15) is 0 Å². The van der Waals surface area contributed by atoms with Crippen LogP contribution in [0.15, 0.2) is 60.7 Å². The van der Waals surface area contributed by atoms with Crippen molar-refractivity contribution in [1.29, 1.82) is 0 Å². The van der Waals surface area contributed by atoms with Crippen LogP contribution in [0.4, 0.5) is 0 Å². The number of aromatic hydroxyl groups is 2. The van der Waals surface area contributed by atoms with Gasteiger partial charge in [-0.25, -0.2) is 0 Å². The van der Waals surface area contributed by atoms with Crippen molar-refractivity contribution in [3.05, 3.63) is 60.7 Å². The molecular formula is C18H32O4Si2Ti. The number of phenols is 2. The van der Waals surface area contributed by atoms with Gasteiger partial charge in [0.05, 0.1) is 0 Å². The summed E-state index contributed by atoms with van der Waals surface area (Å²) in [6.07, 6.45) is 0. The first-order valence-electron chi connectivity index (χ1n) is 7.72. The van der Waals surface area contributed by atoms with E-state index in [9.17, 15) is 0 Å². The van der Waals surface area contributed by atoms with Crippen molar-refractivity contribution >= 4 is 16.6 Å². The third kappa shape index (κ3) is 45.1. The van der Waals surface area contributed by atoms with Crippen LogP contribution in [0, 0.1) is 0 Å². The minimum Gasteiger partial charge on any atom is -0.508 e. The Kier molecular flexibility index (Phi) is 17.8. The van der Waals surface area contributed by atoms with Crippen LogP contribution in [0.3, 0.4) is 0 Å². The molecule has 25 heavy (non-hydrogen) atoms.